The first-order valence-electron chi connectivity index (χ1n) is 8.81. The molecule has 0 bridgehead atoms. The summed E-state index contributed by atoms with van der Waals surface area (Å²) >= 11 is 0. The Bertz CT molecular complexity index is 1040. The molecule has 0 spiro atoms. The summed E-state index contributed by atoms with van der Waals surface area (Å²) in [5, 5.41) is 9.47. The van der Waals surface area contributed by atoms with E-state index in [1.54, 1.807) is 24.3 Å². The first-order chi connectivity index (χ1) is 13.5. The molecule has 0 saturated carbocycles. The van der Waals surface area contributed by atoms with Gasteiger partial charge in [0.15, 0.2) is 0 Å². The Morgan fingerprint density at radius 3 is 2.39 bits per heavy atom. The number of carbonyl (C=O) groups excluding carboxylic acids is 2. The molecule has 0 atom stereocenters. The first-order valence-corrected chi connectivity index (χ1v) is 8.81. The quantitative estimate of drug-likeness (QED) is 0.688. The smallest absolute Gasteiger partial charge is 0.276 e. The number of nitrogens with zero attached hydrogens (tertiary/aromatic N) is 2. The SMILES string of the molecule is Cn1nc(C(=O)Nc2ccccc2C(=O)NCCc2ccccc2)ccc1=O. The van der Waals surface area contributed by atoms with Crippen LogP contribution in [0.2, 0.25) is 0 Å². The van der Waals surface area contributed by atoms with Crippen molar-refractivity contribution in [3.8, 4) is 0 Å². The molecular weight excluding hydrogens is 356 g/mol. The molecule has 3 aromatic rings. The standard InChI is InChI=1S/C21H20N4O3/c1-25-19(26)12-11-18(24-25)21(28)23-17-10-6-5-9-16(17)20(27)22-14-13-15-7-3-2-4-8-15/h2-12H,13-14H2,1H3,(H,22,27)(H,23,28). The van der Waals surface area contributed by atoms with E-state index in [9.17, 15) is 14.4 Å². The zero-order valence-corrected chi connectivity index (χ0v) is 15.4. The Hall–Kier alpha value is -3.74. The lowest BCUT2D eigenvalue weighted by Gasteiger charge is -2.11. The van der Waals surface area contributed by atoms with E-state index >= 15 is 0 Å². The summed E-state index contributed by atoms with van der Waals surface area (Å²) in [5.74, 6) is -0.777. The first kappa shape index (κ1) is 19.0. The molecule has 7 heteroatoms. The van der Waals surface area contributed by atoms with E-state index in [-0.39, 0.29) is 17.2 Å². The van der Waals surface area contributed by atoms with E-state index in [2.05, 4.69) is 15.7 Å². The van der Waals surface area contributed by atoms with Crippen LogP contribution in [0.5, 0.6) is 0 Å². The van der Waals surface area contributed by atoms with Crippen molar-refractivity contribution in [1.82, 2.24) is 15.1 Å². The number of para-hydroxylation sites is 1. The highest BCUT2D eigenvalue weighted by molar-refractivity contribution is 6.08. The summed E-state index contributed by atoms with van der Waals surface area (Å²) in [6.07, 6.45) is 0.711. The lowest BCUT2D eigenvalue weighted by Crippen LogP contribution is -2.28. The molecule has 2 N–H and O–H groups in total. The molecule has 0 saturated heterocycles. The maximum absolute atomic E-state index is 12.5. The van der Waals surface area contributed by atoms with E-state index in [1.165, 1.54) is 19.2 Å². The fourth-order valence-electron chi connectivity index (χ4n) is 2.66. The van der Waals surface area contributed by atoms with Crippen LogP contribution in [0.1, 0.15) is 26.4 Å². The lowest BCUT2D eigenvalue weighted by atomic mass is 10.1. The van der Waals surface area contributed by atoms with Gasteiger partial charge in [0, 0.05) is 19.7 Å². The van der Waals surface area contributed by atoms with Crippen LogP contribution in [0.25, 0.3) is 0 Å². The predicted molar refractivity (Wildman–Crippen MR) is 106 cm³/mol. The van der Waals surface area contributed by atoms with Crippen LogP contribution in [0.4, 0.5) is 5.69 Å². The Kier molecular flexibility index (Phi) is 5.96. The highest BCUT2D eigenvalue weighted by Gasteiger charge is 2.15. The Balaban J connectivity index is 1.68. The van der Waals surface area contributed by atoms with Crippen LogP contribution in [0, 0.1) is 0 Å². The summed E-state index contributed by atoms with van der Waals surface area (Å²) in [5.41, 5.74) is 1.63. The van der Waals surface area contributed by atoms with Crippen molar-refractivity contribution in [3.63, 3.8) is 0 Å². The second kappa shape index (κ2) is 8.77. The van der Waals surface area contributed by atoms with Crippen molar-refractivity contribution >= 4 is 17.5 Å². The zero-order chi connectivity index (χ0) is 19.9. The number of carbonyl (C=O) groups is 2. The highest BCUT2D eigenvalue weighted by atomic mass is 16.2. The van der Waals surface area contributed by atoms with Crippen LogP contribution in [-0.2, 0) is 13.5 Å². The summed E-state index contributed by atoms with van der Waals surface area (Å²) in [4.78, 5) is 36.4. The predicted octanol–water partition coefficient (Wildman–Crippen LogP) is 2.01. The molecule has 2 amide bonds. The van der Waals surface area contributed by atoms with Gasteiger partial charge in [-0.25, -0.2) is 4.68 Å². The van der Waals surface area contributed by atoms with Crippen molar-refractivity contribution in [3.05, 3.63) is 93.9 Å². The maximum atomic E-state index is 12.5. The molecule has 2 aromatic carbocycles. The van der Waals surface area contributed by atoms with E-state index in [0.717, 1.165) is 10.2 Å². The van der Waals surface area contributed by atoms with Gasteiger partial charge in [-0.3, -0.25) is 14.4 Å². The van der Waals surface area contributed by atoms with Crippen LogP contribution in [0.15, 0.2) is 71.5 Å². The van der Waals surface area contributed by atoms with Gasteiger partial charge in [0.05, 0.1) is 11.3 Å². The number of aryl methyl sites for hydroxylation is 1. The van der Waals surface area contributed by atoms with Gasteiger partial charge < -0.3 is 10.6 Å². The molecule has 142 valence electrons. The largest absolute Gasteiger partial charge is 0.352 e. The fraction of sp³-hybridized carbons (Fsp3) is 0.143. The second-order valence-corrected chi connectivity index (χ2v) is 6.17. The third kappa shape index (κ3) is 4.70. The maximum Gasteiger partial charge on any atom is 0.276 e. The molecule has 0 aliphatic heterocycles. The fourth-order valence-corrected chi connectivity index (χ4v) is 2.66. The topological polar surface area (TPSA) is 93.1 Å². The van der Waals surface area contributed by atoms with Gasteiger partial charge in [-0.1, -0.05) is 42.5 Å². The highest BCUT2D eigenvalue weighted by Crippen LogP contribution is 2.16. The summed E-state index contributed by atoms with van der Waals surface area (Å²) in [6, 6.07) is 19.2. The van der Waals surface area contributed by atoms with E-state index < -0.39 is 5.91 Å². The minimum atomic E-state index is -0.500. The normalized spacial score (nSPS) is 10.3. The van der Waals surface area contributed by atoms with E-state index in [4.69, 9.17) is 0 Å². The number of benzene rings is 2. The van der Waals surface area contributed by atoms with Gasteiger partial charge >= 0.3 is 0 Å². The van der Waals surface area contributed by atoms with Crippen LogP contribution in [0.3, 0.4) is 0 Å². The molecule has 0 aliphatic rings. The summed E-state index contributed by atoms with van der Waals surface area (Å²) in [7, 11) is 1.47. The number of anilines is 1. The number of rotatable bonds is 6. The third-order valence-corrected chi connectivity index (χ3v) is 4.16. The number of hydrogen-bond acceptors (Lipinski definition) is 4. The third-order valence-electron chi connectivity index (χ3n) is 4.16. The lowest BCUT2D eigenvalue weighted by molar-refractivity contribution is 0.0955. The molecule has 0 aliphatic carbocycles. The minimum Gasteiger partial charge on any atom is -0.352 e. The number of hydrogen-bond donors (Lipinski definition) is 2. The molecule has 3 rings (SSSR count). The average Bonchev–Trinajstić information content (AvgIpc) is 2.71. The van der Waals surface area contributed by atoms with Crippen LogP contribution in [-0.4, -0.2) is 28.1 Å². The Morgan fingerprint density at radius 2 is 1.64 bits per heavy atom. The molecule has 0 unspecified atom stereocenters. The summed E-state index contributed by atoms with van der Waals surface area (Å²) in [6.45, 7) is 0.480. The summed E-state index contributed by atoms with van der Waals surface area (Å²) < 4.78 is 1.08. The zero-order valence-electron chi connectivity index (χ0n) is 15.4. The number of amides is 2. The number of nitrogens with one attached hydrogen (secondary N) is 2. The van der Waals surface area contributed by atoms with Crippen LogP contribution >= 0.6 is 0 Å². The second-order valence-electron chi connectivity index (χ2n) is 6.17. The molecular formula is C21H20N4O3. The Labute approximate surface area is 162 Å². The molecule has 1 heterocycles. The molecule has 1 aromatic heterocycles. The van der Waals surface area contributed by atoms with Gasteiger partial charge in [-0.15, -0.1) is 0 Å². The number of aromatic nitrogens is 2. The van der Waals surface area contributed by atoms with E-state index in [0.29, 0.717) is 24.2 Å². The van der Waals surface area contributed by atoms with Gasteiger partial charge in [-0.05, 0) is 30.2 Å². The monoisotopic (exact) mass is 376 g/mol. The van der Waals surface area contributed by atoms with Gasteiger partial charge in [0.1, 0.15) is 5.69 Å². The van der Waals surface area contributed by atoms with Crippen molar-refractivity contribution in [2.24, 2.45) is 7.05 Å². The van der Waals surface area contributed by atoms with Crippen molar-refractivity contribution in [2.75, 3.05) is 11.9 Å². The van der Waals surface area contributed by atoms with E-state index in [1.807, 2.05) is 30.3 Å². The van der Waals surface area contributed by atoms with Crippen LogP contribution < -0.4 is 16.2 Å². The Morgan fingerprint density at radius 1 is 0.929 bits per heavy atom. The van der Waals surface area contributed by atoms with Crippen molar-refractivity contribution in [2.45, 2.75) is 6.42 Å². The van der Waals surface area contributed by atoms with Gasteiger partial charge in [0.25, 0.3) is 17.4 Å². The van der Waals surface area contributed by atoms with Crippen molar-refractivity contribution < 1.29 is 9.59 Å². The van der Waals surface area contributed by atoms with Gasteiger partial charge in [-0.2, -0.15) is 5.10 Å². The molecule has 7 nitrogen and oxygen atoms in total. The minimum absolute atomic E-state index is 0.0846. The molecule has 0 radical (unpaired) electrons. The molecule has 28 heavy (non-hydrogen) atoms. The average molecular weight is 376 g/mol. The molecule has 0 fully saturated rings. The van der Waals surface area contributed by atoms with Crippen molar-refractivity contribution in [1.29, 1.82) is 0 Å². The van der Waals surface area contributed by atoms with Gasteiger partial charge in [0.2, 0.25) is 0 Å².